The first-order valence-electron chi connectivity index (χ1n) is 6.68. The molecule has 1 aromatic rings. The normalized spacial score (nSPS) is 17.0. The average Bonchev–Trinajstić information content (AvgIpc) is 2.90. The molecule has 0 fully saturated rings. The predicted octanol–water partition coefficient (Wildman–Crippen LogP) is 2.38. The van der Waals surface area contributed by atoms with Gasteiger partial charge in [0.2, 0.25) is 0 Å². The zero-order valence-electron chi connectivity index (χ0n) is 12.9. The van der Waals surface area contributed by atoms with Crippen LogP contribution in [0.1, 0.15) is 12.5 Å². The van der Waals surface area contributed by atoms with E-state index in [-0.39, 0.29) is 5.92 Å². The van der Waals surface area contributed by atoms with Crippen LogP contribution in [0, 0.1) is 23.1 Å². The molecule has 7 nitrogen and oxygen atoms in total. The van der Waals surface area contributed by atoms with Gasteiger partial charge in [-0.2, -0.15) is 10.4 Å². The molecule has 5 N–H and O–H groups in total. The van der Waals surface area contributed by atoms with Gasteiger partial charge in [-0.25, -0.2) is 10.8 Å². The second kappa shape index (κ2) is 9.50. The van der Waals surface area contributed by atoms with Gasteiger partial charge in [-0.05, 0) is 31.6 Å². The van der Waals surface area contributed by atoms with Crippen LogP contribution in [0.3, 0.4) is 0 Å². The van der Waals surface area contributed by atoms with Crippen molar-refractivity contribution in [3.8, 4) is 4.98 Å². The Hall–Kier alpha value is -2.50. The van der Waals surface area contributed by atoms with Crippen LogP contribution in [0.4, 0.5) is 5.82 Å². The Labute approximate surface area is 143 Å². The van der Waals surface area contributed by atoms with E-state index in [9.17, 15) is 0 Å². The van der Waals surface area contributed by atoms with Crippen molar-refractivity contribution in [1.29, 1.82) is 5.26 Å². The molecule has 0 saturated carbocycles. The number of nitrogen functional groups attached to an aromatic ring is 1. The van der Waals surface area contributed by atoms with Crippen LogP contribution < -0.4 is 17.0 Å². The minimum absolute atomic E-state index is 0.139. The summed E-state index contributed by atoms with van der Waals surface area (Å²) in [5.74, 6) is 6.52. The molecule has 2 heterocycles. The van der Waals surface area contributed by atoms with E-state index in [1.807, 2.05) is 38.1 Å². The fourth-order valence-corrected chi connectivity index (χ4v) is 1.79. The van der Waals surface area contributed by atoms with Crippen molar-refractivity contribution in [3.05, 3.63) is 47.7 Å². The summed E-state index contributed by atoms with van der Waals surface area (Å²) in [6, 6.07) is 3.78. The second-order valence-corrected chi connectivity index (χ2v) is 5.08. The Morgan fingerprint density at radius 1 is 1.26 bits per heavy atom. The Balaban J connectivity index is 0.000000200. The maximum absolute atomic E-state index is 7.24. The van der Waals surface area contributed by atoms with Crippen LogP contribution in [0.5, 0.6) is 0 Å². The third-order valence-electron chi connectivity index (χ3n) is 2.92. The highest BCUT2D eigenvalue weighted by molar-refractivity contribution is 9.12. The van der Waals surface area contributed by atoms with E-state index >= 15 is 0 Å². The molecule has 1 unspecified atom stereocenters. The number of fused-ring (bicyclic) bond motifs is 1. The monoisotopic (exact) mass is 375 g/mol. The third kappa shape index (κ3) is 6.02. The first kappa shape index (κ1) is 18.5. The van der Waals surface area contributed by atoms with Gasteiger partial charge in [0.1, 0.15) is 16.6 Å². The predicted molar refractivity (Wildman–Crippen MR) is 96.8 cm³/mol. The molecular weight excluding hydrogens is 358 g/mol. The van der Waals surface area contributed by atoms with E-state index in [1.54, 1.807) is 11.2 Å². The van der Waals surface area contributed by atoms with E-state index < -0.39 is 0 Å². The van der Waals surface area contributed by atoms with E-state index in [0.717, 1.165) is 11.3 Å². The van der Waals surface area contributed by atoms with Gasteiger partial charge >= 0.3 is 0 Å². The van der Waals surface area contributed by atoms with Crippen LogP contribution in [-0.2, 0) is 0 Å². The summed E-state index contributed by atoms with van der Waals surface area (Å²) in [5, 5.41) is 15.0. The Bertz CT molecular complexity index is 681. The van der Waals surface area contributed by atoms with Gasteiger partial charge in [0.05, 0.1) is 11.6 Å². The summed E-state index contributed by atoms with van der Waals surface area (Å²) in [7, 11) is 0. The van der Waals surface area contributed by atoms with Crippen LogP contribution >= 0.6 is 15.9 Å². The largest absolute Gasteiger partial charge is 0.385 e. The minimum Gasteiger partial charge on any atom is -0.385 e. The van der Waals surface area contributed by atoms with Crippen LogP contribution in [0.2, 0.25) is 0 Å². The lowest BCUT2D eigenvalue weighted by atomic mass is 9.95. The van der Waals surface area contributed by atoms with Gasteiger partial charge in [0.25, 0.3) is 0 Å². The number of nitrogens with zero attached hydrogens (tertiary/aromatic N) is 4. The number of rotatable bonds is 1. The molecule has 3 rings (SSSR count). The summed E-state index contributed by atoms with van der Waals surface area (Å²) in [5.41, 5.74) is 11.4. The number of nitriles is 1. The first-order chi connectivity index (χ1) is 11.0. The highest BCUT2D eigenvalue weighted by Crippen LogP contribution is 2.18. The quantitative estimate of drug-likeness (QED) is 0.513. The molecule has 0 bridgehead atoms. The second-order valence-electron chi connectivity index (χ2n) is 4.72. The number of hydrogen-bond acceptors (Lipinski definition) is 7. The van der Waals surface area contributed by atoms with Crippen molar-refractivity contribution >= 4 is 33.3 Å². The van der Waals surface area contributed by atoms with Crippen molar-refractivity contribution < 1.29 is 0 Å². The molecular formula is C15H18BrN7. The van der Waals surface area contributed by atoms with Crippen molar-refractivity contribution in [3.63, 3.8) is 0 Å². The molecule has 1 aliphatic heterocycles. The van der Waals surface area contributed by atoms with Crippen LogP contribution in [0.25, 0.3) is 0 Å². The molecule has 0 spiro atoms. The topological polar surface area (TPSA) is 125 Å². The lowest BCUT2D eigenvalue weighted by molar-refractivity contribution is 1.18. The molecule has 2 aliphatic rings. The molecule has 0 radical (unpaired) electrons. The highest BCUT2D eigenvalue weighted by atomic mass is 79.9. The van der Waals surface area contributed by atoms with Gasteiger partial charge in [0, 0.05) is 22.1 Å². The maximum atomic E-state index is 7.24. The van der Waals surface area contributed by atoms with Gasteiger partial charge in [0.15, 0.2) is 0 Å². The van der Waals surface area contributed by atoms with Crippen LogP contribution in [0.15, 0.2) is 52.3 Å². The summed E-state index contributed by atoms with van der Waals surface area (Å²) >= 11 is 2.45. The lowest BCUT2D eigenvalue weighted by Crippen LogP contribution is -2.25. The van der Waals surface area contributed by atoms with Crippen molar-refractivity contribution in [2.24, 2.45) is 27.7 Å². The van der Waals surface area contributed by atoms with Crippen molar-refractivity contribution in [2.45, 2.75) is 13.8 Å². The van der Waals surface area contributed by atoms with E-state index in [1.165, 1.54) is 5.57 Å². The molecule has 0 aromatic carbocycles. The van der Waals surface area contributed by atoms with Gasteiger partial charge in [-0.15, -0.1) is 5.10 Å². The highest BCUT2D eigenvalue weighted by Gasteiger charge is 2.22. The van der Waals surface area contributed by atoms with E-state index in [0.29, 0.717) is 11.7 Å². The standard InChI is InChI=1S/C8H9N3.C6H9N3.CBrN/c1-5-2-3-7-6(4-5)8(9)11-10-7;1-5-2-3-6(9-7)8-4-5;2-1-3/h2-4,6H,1H3,(H2,9,11);2-4H,7H2,1H3,(H,8,9);. The number of nitrogens with two attached hydrogens (primary N) is 2. The third-order valence-corrected chi connectivity index (χ3v) is 2.92. The fraction of sp³-hybridized carbons (Fsp3) is 0.200. The Morgan fingerprint density at radius 3 is 2.52 bits per heavy atom. The maximum Gasteiger partial charge on any atom is 0.142 e. The molecule has 8 heteroatoms. The Kier molecular flexibility index (Phi) is 7.66. The zero-order chi connectivity index (χ0) is 17.2. The summed E-state index contributed by atoms with van der Waals surface area (Å²) in [4.78, 5) is 5.52. The zero-order valence-corrected chi connectivity index (χ0v) is 14.4. The number of allylic oxidation sites excluding steroid dienone is 3. The van der Waals surface area contributed by atoms with Crippen molar-refractivity contribution in [2.75, 3.05) is 5.43 Å². The number of anilines is 1. The minimum atomic E-state index is 0.139. The number of amidine groups is 1. The number of hydrogen-bond donors (Lipinski definition) is 3. The van der Waals surface area contributed by atoms with Crippen molar-refractivity contribution in [1.82, 2.24) is 4.98 Å². The van der Waals surface area contributed by atoms with E-state index in [4.69, 9.17) is 16.8 Å². The van der Waals surface area contributed by atoms with Crippen LogP contribution in [-0.4, -0.2) is 16.5 Å². The molecule has 23 heavy (non-hydrogen) atoms. The molecule has 0 saturated heterocycles. The van der Waals surface area contributed by atoms with Gasteiger partial charge < -0.3 is 11.2 Å². The lowest BCUT2D eigenvalue weighted by Gasteiger charge is -2.09. The summed E-state index contributed by atoms with van der Waals surface area (Å²) < 4.78 is 0. The summed E-state index contributed by atoms with van der Waals surface area (Å²) in [6.45, 7) is 4.02. The molecule has 0 amide bonds. The van der Waals surface area contributed by atoms with E-state index in [2.05, 4.69) is 42.6 Å². The average molecular weight is 376 g/mol. The fourth-order valence-electron chi connectivity index (χ4n) is 1.79. The SMILES string of the molecule is CC1=CC2C(N)=NN=C2C=C1.Cc1ccc(NN)nc1.N#CBr. The molecule has 1 aliphatic carbocycles. The number of nitrogens with one attached hydrogen (secondary N) is 1. The smallest absolute Gasteiger partial charge is 0.142 e. The Morgan fingerprint density at radius 2 is 1.96 bits per heavy atom. The first-order valence-corrected chi connectivity index (χ1v) is 7.47. The molecule has 120 valence electrons. The number of aryl methyl sites for hydroxylation is 1. The molecule has 1 aromatic heterocycles. The summed E-state index contributed by atoms with van der Waals surface area (Å²) in [6.07, 6.45) is 7.81. The van der Waals surface area contributed by atoms with Gasteiger partial charge in [-0.3, -0.25) is 0 Å². The van der Waals surface area contributed by atoms with Gasteiger partial charge in [-0.1, -0.05) is 23.8 Å². The molecule has 1 atom stereocenters. The number of aromatic nitrogens is 1. The number of halogens is 1. The number of pyridine rings is 1. The number of hydrazine groups is 1.